The zero-order valence-electron chi connectivity index (χ0n) is 16.2. The third-order valence-electron chi connectivity index (χ3n) is 4.87. The summed E-state index contributed by atoms with van der Waals surface area (Å²) in [6.07, 6.45) is 0.578. The van der Waals surface area contributed by atoms with Crippen LogP contribution in [0.5, 0.6) is 5.75 Å². The highest BCUT2D eigenvalue weighted by Gasteiger charge is 2.25. The first-order valence-electron chi connectivity index (χ1n) is 9.37. The Morgan fingerprint density at radius 3 is 2.83 bits per heavy atom. The number of nitrogens with one attached hydrogen (secondary N) is 1. The highest BCUT2D eigenvalue weighted by molar-refractivity contribution is 6.30. The van der Waals surface area contributed by atoms with E-state index in [2.05, 4.69) is 27.4 Å². The Bertz CT molecular complexity index is 917. The normalized spacial score (nSPS) is 17.0. The molecule has 1 unspecified atom stereocenters. The van der Waals surface area contributed by atoms with Gasteiger partial charge in [-0.3, -0.25) is 4.90 Å². The van der Waals surface area contributed by atoms with Gasteiger partial charge in [0.05, 0.1) is 12.5 Å². The fourth-order valence-corrected chi connectivity index (χ4v) is 3.36. The average molecular weight is 435 g/mol. The number of benzene rings is 2. The summed E-state index contributed by atoms with van der Waals surface area (Å²) in [5, 5.41) is 8.28. The molecule has 1 saturated heterocycles. The SMILES string of the molecule is CN1CCNCC1c1noc(Cc2cccc(OCc3ccc(Cl)cc3)c2)n1.Cl. The summed E-state index contributed by atoms with van der Waals surface area (Å²) in [7, 11) is 2.09. The Morgan fingerprint density at radius 1 is 1.21 bits per heavy atom. The van der Waals surface area contributed by atoms with Crippen molar-refractivity contribution in [2.45, 2.75) is 19.1 Å². The smallest absolute Gasteiger partial charge is 0.231 e. The van der Waals surface area contributed by atoms with E-state index < -0.39 is 0 Å². The van der Waals surface area contributed by atoms with Gasteiger partial charge in [-0.2, -0.15) is 4.98 Å². The van der Waals surface area contributed by atoms with Crippen molar-refractivity contribution >= 4 is 24.0 Å². The molecular weight excluding hydrogens is 411 g/mol. The maximum Gasteiger partial charge on any atom is 0.231 e. The van der Waals surface area contributed by atoms with Gasteiger partial charge in [0.25, 0.3) is 0 Å². The number of rotatable bonds is 6. The van der Waals surface area contributed by atoms with Crippen LogP contribution in [0.2, 0.25) is 5.02 Å². The first-order valence-corrected chi connectivity index (χ1v) is 9.75. The van der Waals surface area contributed by atoms with Gasteiger partial charge in [-0.05, 0) is 42.4 Å². The van der Waals surface area contributed by atoms with Crippen LogP contribution in [0.1, 0.15) is 28.9 Å². The number of aromatic nitrogens is 2. The lowest BCUT2D eigenvalue weighted by Crippen LogP contribution is -2.44. The summed E-state index contributed by atoms with van der Waals surface area (Å²) in [6, 6.07) is 15.8. The predicted octanol–water partition coefficient (Wildman–Crippen LogP) is 3.89. The van der Waals surface area contributed by atoms with Gasteiger partial charge in [-0.15, -0.1) is 12.4 Å². The number of piperazine rings is 1. The van der Waals surface area contributed by atoms with Crippen molar-refractivity contribution in [2.24, 2.45) is 0 Å². The van der Waals surface area contributed by atoms with Crippen LogP contribution >= 0.6 is 24.0 Å². The van der Waals surface area contributed by atoms with Gasteiger partial charge < -0.3 is 14.6 Å². The number of nitrogens with zero attached hydrogens (tertiary/aromatic N) is 3. The Hall–Kier alpha value is -2.12. The minimum atomic E-state index is 0. The van der Waals surface area contributed by atoms with E-state index in [4.69, 9.17) is 20.9 Å². The van der Waals surface area contributed by atoms with Crippen molar-refractivity contribution in [3.63, 3.8) is 0 Å². The standard InChI is InChI=1S/C21H23ClN4O2.ClH/c1-26-10-9-23-13-19(26)21-24-20(28-25-21)12-16-3-2-4-18(11-16)27-14-15-5-7-17(22)8-6-15;/h2-8,11,19,23H,9-10,12-14H2,1H3;1H. The lowest BCUT2D eigenvalue weighted by atomic mass is 10.1. The Morgan fingerprint density at radius 2 is 2.03 bits per heavy atom. The van der Waals surface area contributed by atoms with Gasteiger partial charge in [-0.1, -0.05) is 41.0 Å². The lowest BCUT2D eigenvalue weighted by molar-refractivity contribution is 0.190. The van der Waals surface area contributed by atoms with Crippen molar-refractivity contribution in [2.75, 3.05) is 26.7 Å². The van der Waals surface area contributed by atoms with Gasteiger partial charge in [-0.25, -0.2) is 0 Å². The van der Waals surface area contributed by atoms with Crippen molar-refractivity contribution in [1.82, 2.24) is 20.4 Å². The van der Waals surface area contributed by atoms with Crippen LogP contribution < -0.4 is 10.1 Å². The van der Waals surface area contributed by atoms with Gasteiger partial charge in [0, 0.05) is 24.7 Å². The maximum atomic E-state index is 5.92. The van der Waals surface area contributed by atoms with Gasteiger partial charge in [0.2, 0.25) is 5.89 Å². The average Bonchev–Trinajstić information content (AvgIpc) is 3.16. The highest BCUT2D eigenvalue weighted by Crippen LogP contribution is 2.21. The van der Waals surface area contributed by atoms with Crippen molar-refractivity contribution in [3.05, 3.63) is 76.4 Å². The molecule has 1 N–H and O–H groups in total. The molecule has 2 heterocycles. The summed E-state index contributed by atoms with van der Waals surface area (Å²) in [5.41, 5.74) is 2.14. The fraction of sp³-hybridized carbons (Fsp3) is 0.333. The van der Waals surface area contributed by atoms with E-state index in [0.29, 0.717) is 18.9 Å². The van der Waals surface area contributed by atoms with E-state index in [1.54, 1.807) is 0 Å². The largest absolute Gasteiger partial charge is 0.489 e. The Balaban J connectivity index is 0.00000240. The molecule has 0 radical (unpaired) electrons. The summed E-state index contributed by atoms with van der Waals surface area (Å²) in [6.45, 7) is 3.29. The lowest BCUT2D eigenvalue weighted by Gasteiger charge is -2.30. The minimum absolute atomic E-state index is 0. The van der Waals surface area contributed by atoms with E-state index >= 15 is 0 Å². The minimum Gasteiger partial charge on any atom is -0.489 e. The molecule has 0 saturated carbocycles. The third-order valence-corrected chi connectivity index (χ3v) is 5.12. The zero-order chi connectivity index (χ0) is 19.3. The molecule has 1 atom stereocenters. The molecule has 0 bridgehead atoms. The third kappa shape index (κ3) is 5.70. The molecule has 1 aromatic heterocycles. The van der Waals surface area contributed by atoms with Crippen LogP contribution in [0, 0.1) is 0 Å². The monoisotopic (exact) mass is 434 g/mol. The molecule has 2 aromatic carbocycles. The second-order valence-corrected chi connectivity index (χ2v) is 7.42. The van der Waals surface area contributed by atoms with Crippen LogP contribution in [0.3, 0.4) is 0 Å². The van der Waals surface area contributed by atoms with Crippen LogP contribution in [0.4, 0.5) is 0 Å². The van der Waals surface area contributed by atoms with E-state index in [1.165, 1.54) is 0 Å². The first kappa shape index (κ1) is 21.6. The molecule has 4 rings (SSSR count). The molecule has 1 aliphatic rings. The number of ether oxygens (including phenoxy) is 1. The summed E-state index contributed by atoms with van der Waals surface area (Å²) in [4.78, 5) is 6.84. The van der Waals surface area contributed by atoms with E-state index in [-0.39, 0.29) is 18.4 Å². The fourth-order valence-electron chi connectivity index (χ4n) is 3.24. The van der Waals surface area contributed by atoms with Gasteiger partial charge in [0.1, 0.15) is 12.4 Å². The van der Waals surface area contributed by atoms with Crippen molar-refractivity contribution < 1.29 is 9.26 Å². The molecule has 154 valence electrons. The van der Waals surface area contributed by atoms with E-state index in [0.717, 1.165) is 47.4 Å². The quantitative estimate of drug-likeness (QED) is 0.634. The number of hydrogen-bond acceptors (Lipinski definition) is 6. The molecule has 29 heavy (non-hydrogen) atoms. The molecular formula is C21H24Cl2N4O2. The molecule has 8 heteroatoms. The van der Waals surface area contributed by atoms with Crippen LogP contribution in [-0.4, -0.2) is 41.7 Å². The zero-order valence-corrected chi connectivity index (χ0v) is 17.7. The number of likely N-dealkylation sites (N-methyl/N-ethyl adjacent to an activating group) is 1. The second kappa shape index (κ2) is 10.1. The number of hydrogen-bond donors (Lipinski definition) is 1. The molecule has 1 fully saturated rings. The molecule has 3 aromatic rings. The van der Waals surface area contributed by atoms with E-state index in [1.807, 2.05) is 48.5 Å². The first-order chi connectivity index (χ1) is 13.7. The van der Waals surface area contributed by atoms with Gasteiger partial charge >= 0.3 is 0 Å². The summed E-state index contributed by atoms with van der Waals surface area (Å²) in [5.74, 6) is 2.16. The van der Waals surface area contributed by atoms with Crippen molar-refractivity contribution in [3.8, 4) is 5.75 Å². The Kier molecular flexibility index (Phi) is 7.50. The van der Waals surface area contributed by atoms with E-state index in [9.17, 15) is 0 Å². The van der Waals surface area contributed by atoms with Gasteiger partial charge in [0.15, 0.2) is 5.82 Å². The molecule has 1 aliphatic heterocycles. The molecule has 6 nitrogen and oxygen atoms in total. The molecule has 0 spiro atoms. The highest BCUT2D eigenvalue weighted by atomic mass is 35.5. The topological polar surface area (TPSA) is 63.4 Å². The van der Waals surface area contributed by atoms with Crippen LogP contribution in [-0.2, 0) is 13.0 Å². The predicted molar refractivity (Wildman–Crippen MR) is 115 cm³/mol. The molecule has 0 aliphatic carbocycles. The van der Waals surface area contributed by atoms with Crippen LogP contribution in [0.15, 0.2) is 53.1 Å². The Labute approximate surface area is 181 Å². The summed E-state index contributed by atoms with van der Waals surface area (Å²) < 4.78 is 11.4. The van der Waals surface area contributed by atoms with Crippen LogP contribution in [0.25, 0.3) is 0 Å². The summed E-state index contributed by atoms with van der Waals surface area (Å²) >= 11 is 5.92. The maximum absolute atomic E-state index is 5.92. The molecule has 0 amide bonds. The number of halogens is 2. The second-order valence-electron chi connectivity index (χ2n) is 6.99. The van der Waals surface area contributed by atoms with Crippen molar-refractivity contribution in [1.29, 1.82) is 0 Å².